The SMILES string of the molecule is CC1(C)CCCCC1C(=O)N1CCCC(CBr)C1. The van der Waals surface area contributed by atoms with Gasteiger partial charge in [-0.1, -0.05) is 42.6 Å². The number of amides is 1. The molecular weight excluding hydrogens is 290 g/mol. The second-order valence-corrected chi connectivity index (χ2v) is 7.38. The van der Waals surface area contributed by atoms with E-state index in [-0.39, 0.29) is 11.3 Å². The molecule has 0 spiro atoms. The van der Waals surface area contributed by atoms with Crippen LogP contribution < -0.4 is 0 Å². The minimum atomic E-state index is 0.205. The van der Waals surface area contributed by atoms with Crippen molar-refractivity contribution in [3.05, 3.63) is 0 Å². The van der Waals surface area contributed by atoms with Crippen molar-refractivity contribution in [3.8, 4) is 0 Å². The van der Waals surface area contributed by atoms with Crippen LogP contribution in [0, 0.1) is 17.3 Å². The molecule has 2 fully saturated rings. The molecule has 18 heavy (non-hydrogen) atoms. The van der Waals surface area contributed by atoms with E-state index in [9.17, 15) is 4.79 Å². The summed E-state index contributed by atoms with van der Waals surface area (Å²) in [4.78, 5) is 14.9. The Hall–Kier alpha value is -0.0500. The number of piperidine rings is 1. The Morgan fingerprint density at radius 1 is 1.28 bits per heavy atom. The number of nitrogens with zero attached hydrogens (tertiary/aromatic N) is 1. The molecule has 2 unspecified atom stereocenters. The van der Waals surface area contributed by atoms with E-state index >= 15 is 0 Å². The number of alkyl halides is 1. The smallest absolute Gasteiger partial charge is 0.226 e. The Labute approximate surface area is 120 Å². The van der Waals surface area contributed by atoms with Crippen molar-refractivity contribution in [1.29, 1.82) is 0 Å². The van der Waals surface area contributed by atoms with Crippen LogP contribution in [0.5, 0.6) is 0 Å². The molecule has 2 rings (SSSR count). The first-order valence-electron chi connectivity index (χ1n) is 7.39. The molecule has 0 aromatic rings. The van der Waals surface area contributed by atoms with Gasteiger partial charge in [0.1, 0.15) is 0 Å². The minimum absolute atomic E-state index is 0.205. The summed E-state index contributed by atoms with van der Waals surface area (Å²) in [5.74, 6) is 1.36. The normalized spacial score (nSPS) is 32.3. The largest absolute Gasteiger partial charge is 0.342 e. The average Bonchev–Trinajstić information content (AvgIpc) is 2.37. The van der Waals surface area contributed by atoms with Crippen molar-refractivity contribution in [1.82, 2.24) is 4.90 Å². The second-order valence-electron chi connectivity index (χ2n) is 6.73. The number of likely N-dealkylation sites (tertiary alicyclic amines) is 1. The van der Waals surface area contributed by atoms with Crippen molar-refractivity contribution in [2.45, 2.75) is 52.4 Å². The van der Waals surface area contributed by atoms with Gasteiger partial charge >= 0.3 is 0 Å². The van der Waals surface area contributed by atoms with E-state index in [1.165, 1.54) is 32.1 Å². The Kier molecular flexibility index (Phi) is 4.74. The first-order valence-corrected chi connectivity index (χ1v) is 8.51. The van der Waals surface area contributed by atoms with Gasteiger partial charge in [0.05, 0.1) is 0 Å². The van der Waals surface area contributed by atoms with Gasteiger partial charge in [-0.3, -0.25) is 4.79 Å². The monoisotopic (exact) mass is 315 g/mol. The van der Waals surface area contributed by atoms with Gasteiger partial charge in [-0.25, -0.2) is 0 Å². The van der Waals surface area contributed by atoms with Gasteiger partial charge in [-0.05, 0) is 37.0 Å². The fourth-order valence-corrected chi connectivity index (χ4v) is 4.09. The van der Waals surface area contributed by atoms with Crippen molar-refractivity contribution in [2.75, 3.05) is 18.4 Å². The third-order valence-electron chi connectivity index (χ3n) is 4.85. The minimum Gasteiger partial charge on any atom is -0.342 e. The van der Waals surface area contributed by atoms with E-state index in [2.05, 4.69) is 34.7 Å². The first-order chi connectivity index (χ1) is 8.54. The number of carbonyl (C=O) groups is 1. The van der Waals surface area contributed by atoms with Crippen molar-refractivity contribution in [3.63, 3.8) is 0 Å². The van der Waals surface area contributed by atoms with Crippen LogP contribution in [-0.2, 0) is 4.79 Å². The summed E-state index contributed by atoms with van der Waals surface area (Å²) in [7, 11) is 0. The highest BCUT2D eigenvalue weighted by Crippen LogP contribution is 2.41. The molecule has 1 aliphatic carbocycles. The van der Waals surface area contributed by atoms with Crippen LogP contribution in [0.4, 0.5) is 0 Å². The van der Waals surface area contributed by atoms with Gasteiger partial charge in [0.25, 0.3) is 0 Å². The molecule has 0 aromatic heterocycles. The standard InChI is InChI=1S/C15H26BrNO/c1-15(2)8-4-3-7-13(15)14(18)17-9-5-6-12(10-16)11-17/h12-13H,3-11H2,1-2H3. The summed E-state index contributed by atoms with van der Waals surface area (Å²) in [6.45, 7) is 6.51. The van der Waals surface area contributed by atoms with Gasteiger partial charge in [0.2, 0.25) is 5.91 Å². The number of rotatable bonds is 2. The lowest BCUT2D eigenvalue weighted by atomic mass is 9.68. The van der Waals surface area contributed by atoms with Crippen molar-refractivity contribution in [2.24, 2.45) is 17.3 Å². The molecule has 0 radical (unpaired) electrons. The zero-order valence-electron chi connectivity index (χ0n) is 11.8. The summed E-state index contributed by atoms with van der Waals surface area (Å²) >= 11 is 3.57. The van der Waals surface area contributed by atoms with Gasteiger partial charge in [0, 0.05) is 24.3 Å². The van der Waals surface area contributed by atoms with Crippen LogP contribution in [-0.4, -0.2) is 29.2 Å². The van der Waals surface area contributed by atoms with E-state index in [0.29, 0.717) is 11.8 Å². The predicted octanol–water partition coefficient (Wildman–Crippen LogP) is 3.84. The summed E-state index contributed by atoms with van der Waals surface area (Å²) < 4.78 is 0. The number of halogens is 1. The zero-order valence-corrected chi connectivity index (χ0v) is 13.3. The predicted molar refractivity (Wildman–Crippen MR) is 78.8 cm³/mol. The average molecular weight is 316 g/mol. The second kappa shape index (κ2) is 5.94. The van der Waals surface area contributed by atoms with Crippen LogP contribution in [0.25, 0.3) is 0 Å². The lowest BCUT2D eigenvalue weighted by molar-refractivity contribution is -0.142. The molecule has 1 saturated carbocycles. The van der Waals surface area contributed by atoms with E-state index in [4.69, 9.17) is 0 Å². The molecule has 2 atom stereocenters. The molecule has 1 saturated heterocycles. The van der Waals surface area contributed by atoms with Crippen LogP contribution in [0.1, 0.15) is 52.4 Å². The molecule has 1 heterocycles. The van der Waals surface area contributed by atoms with E-state index in [0.717, 1.165) is 24.8 Å². The fraction of sp³-hybridized carbons (Fsp3) is 0.933. The Balaban J connectivity index is 2.01. The first kappa shape index (κ1) is 14.4. The van der Waals surface area contributed by atoms with Crippen LogP contribution in [0.3, 0.4) is 0 Å². The number of hydrogen-bond acceptors (Lipinski definition) is 1. The Bertz CT molecular complexity index is 303. The lowest BCUT2D eigenvalue weighted by Crippen LogP contribution is -2.47. The molecule has 1 amide bonds. The molecule has 0 bridgehead atoms. The third-order valence-corrected chi connectivity index (χ3v) is 5.77. The molecule has 0 aromatic carbocycles. The third kappa shape index (κ3) is 3.09. The quantitative estimate of drug-likeness (QED) is 0.709. The molecule has 1 aliphatic heterocycles. The lowest BCUT2D eigenvalue weighted by Gasteiger charge is -2.42. The Morgan fingerprint density at radius 2 is 2.06 bits per heavy atom. The zero-order chi connectivity index (χ0) is 13.2. The summed E-state index contributed by atoms with van der Waals surface area (Å²) in [6.07, 6.45) is 7.27. The van der Waals surface area contributed by atoms with Crippen molar-refractivity contribution >= 4 is 21.8 Å². The van der Waals surface area contributed by atoms with Crippen LogP contribution in [0.15, 0.2) is 0 Å². The molecular formula is C15H26BrNO. The van der Waals surface area contributed by atoms with Crippen molar-refractivity contribution < 1.29 is 4.79 Å². The van der Waals surface area contributed by atoms with Crippen LogP contribution in [0.2, 0.25) is 0 Å². The molecule has 2 nitrogen and oxygen atoms in total. The summed E-state index contributed by atoms with van der Waals surface area (Å²) in [5.41, 5.74) is 0.205. The van der Waals surface area contributed by atoms with Gasteiger partial charge in [-0.15, -0.1) is 0 Å². The van der Waals surface area contributed by atoms with Crippen LogP contribution >= 0.6 is 15.9 Å². The topological polar surface area (TPSA) is 20.3 Å². The molecule has 0 N–H and O–H groups in total. The Morgan fingerprint density at radius 3 is 2.72 bits per heavy atom. The van der Waals surface area contributed by atoms with E-state index < -0.39 is 0 Å². The number of carbonyl (C=O) groups excluding carboxylic acids is 1. The molecule has 3 heteroatoms. The van der Waals surface area contributed by atoms with E-state index in [1.54, 1.807) is 0 Å². The highest BCUT2D eigenvalue weighted by Gasteiger charge is 2.39. The van der Waals surface area contributed by atoms with E-state index in [1.807, 2.05) is 0 Å². The summed E-state index contributed by atoms with van der Waals surface area (Å²) in [5, 5.41) is 1.03. The number of hydrogen-bond donors (Lipinski definition) is 0. The molecule has 2 aliphatic rings. The van der Waals surface area contributed by atoms with Gasteiger partial charge < -0.3 is 4.90 Å². The highest BCUT2D eigenvalue weighted by molar-refractivity contribution is 9.09. The fourth-order valence-electron chi connectivity index (χ4n) is 3.56. The maximum absolute atomic E-state index is 12.7. The molecule has 104 valence electrons. The summed E-state index contributed by atoms with van der Waals surface area (Å²) in [6, 6.07) is 0. The van der Waals surface area contributed by atoms with Gasteiger partial charge in [-0.2, -0.15) is 0 Å². The van der Waals surface area contributed by atoms with Gasteiger partial charge in [0.15, 0.2) is 0 Å². The maximum atomic E-state index is 12.7. The maximum Gasteiger partial charge on any atom is 0.226 e. The highest BCUT2D eigenvalue weighted by atomic mass is 79.9.